The van der Waals surface area contributed by atoms with Crippen LogP contribution in [0.25, 0.3) is 0 Å². The van der Waals surface area contributed by atoms with Crippen LogP contribution in [-0.4, -0.2) is 16.5 Å². The van der Waals surface area contributed by atoms with Crippen LogP contribution in [0, 0.1) is 0 Å². The summed E-state index contributed by atoms with van der Waals surface area (Å²) in [5.41, 5.74) is 0. The first-order valence-electron chi connectivity index (χ1n) is 6.32. The Morgan fingerprint density at radius 2 is 1.61 bits per heavy atom. The number of hydrogen-bond acceptors (Lipinski definition) is 2. The first-order valence-corrected chi connectivity index (χ1v) is 15.3. The van der Waals surface area contributed by atoms with E-state index < -0.39 is 3.93 Å². The average Bonchev–Trinajstić information content (AvgIpc) is 2.25. The fourth-order valence-electron chi connectivity index (χ4n) is 1.49. The van der Waals surface area contributed by atoms with Gasteiger partial charge in [-0.3, -0.25) is 0 Å². The van der Waals surface area contributed by atoms with Crippen molar-refractivity contribution < 1.29 is 9.53 Å². The Kier molecular flexibility index (Phi) is 12.2. The molecule has 0 spiro atoms. The summed E-state index contributed by atoms with van der Waals surface area (Å²) in [4.78, 5) is 11.0. The van der Waals surface area contributed by atoms with Crippen LogP contribution in [0.5, 0.6) is 0 Å². The molecule has 0 unspecified atom stereocenters. The van der Waals surface area contributed by atoms with Crippen LogP contribution in [0.1, 0.15) is 45.4 Å². The van der Waals surface area contributed by atoms with Crippen LogP contribution in [0.15, 0.2) is 12.2 Å². The molecule has 0 fully saturated rings. The SMILES string of the molecule is CC=CC(=O)OCCCCCCCC[Si](Br)(Br)Br. The number of unbranched alkanes of at least 4 members (excludes halogenated alkanes) is 5. The van der Waals surface area contributed by atoms with E-state index in [2.05, 4.69) is 45.9 Å². The summed E-state index contributed by atoms with van der Waals surface area (Å²) in [5.74, 6) is -0.231. The van der Waals surface area contributed by atoms with E-state index >= 15 is 0 Å². The van der Waals surface area contributed by atoms with Gasteiger partial charge < -0.3 is 4.74 Å². The summed E-state index contributed by atoms with van der Waals surface area (Å²) < 4.78 is 3.63. The number of rotatable bonds is 10. The molecule has 0 aliphatic heterocycles. The predicted octanol–water partition coefficient (Wildman–Crippen LogP) is 5.57. The van der Waals surface area contributed by atoms with E-state index in [0.717, 1.165) is 12.8 Å². The molecule has 0 amide bonds. The molecule has 6 heteroatoms. The minimum absolute atomic E-state index is 0.231. The molecule has 106 valence electrons. The molecular formula is C12H21Br3O2Si. The lowest BCUT2D eigenvalue weighted by atomic mass is 10.1. The standard InChI is InChI=1S/C12H21Br3O2Si/c1-2-9-12(16)17-10-7-5-3-4-6-8-11-18(13,14)15/h2,9H,3-8,10-11H2,1H3. The number of halogens is 3. The second-order valence-electron chi connectivity index (χ2n) is 4.15. The maximum absolute atomic E-state index is 11.0. The number of carbonyl (C=O) groups excluding carboxylic acids is 1. The van der Waals surface area contributed by atoms with Crippen molar-refractivity contribution in [2.75, 3.05) is 6.61 Å². The van der Waals surface area contributed by atoms with Crippen LogP contribution in [-0.2, 0) is 9.53 Å². The Balaban J connectivity index is 3.19. The minimum Gasteiger partial charge on any atom is -0.463 e. The molecule has 0 radical (unpaired) electrons. The molecule has 0 N–H and O–H groups in total. The molecule has 0 heterocycles. The summed E-state index contributed by atoms with van der Waals surface area (Å²) in [5, 5.41) is 0. The zero-order valence-corrected chi connectivity index (χ0v) is 16.5. The summed E-state index contributed by atoms with van der Waals surface area (Å²) in [6, 6.07) is 1.20. The van der Waals surface area contributed by atoms with Crippen molar-refractivity contribution in [1.29, 1.82) is 0 Å². The zero-order valence-electron chi connectivity index (χ0n) is 10.8. The van der Waals surface area contributed by atoms with Gasteiger partial charge in [-0.2, -0.15) is 0 Å². The number of esters is 1. The first-order chi connectivity index (χ1) is 8.45. The van der Waals surface area contributed by atoms with E-state index in [1.807, 2.05) is 6.92 Å². The molecule has 0 saturated carbocycles. The second-order valence-corrected chi connectivity index (χ2v) is 27.6. The third kappa shape index (κ3) is 14.9. The van der Waals surface area contributed by atoms with Crippen molar-refractivity contribution >= 4 is 55.8 Å². The summed E-state index contributed by atoms with van der Waals surface area (Å²) in [6.45, 7) is 2.36. The Morgan fingerprint density at radius 1 is 1.06 bits per heavy atom. The minimum atomic E-state index is -1.39. The molecule has 0 rings (SSSR count). The monoisotopic (exact) mass is 462 g/mol. The topological polar surface area (TPSA) is 26.3 Å². The number of carbonyl (C=O) groups is 1. The Labute approximate surface area is 135 Å². The van der Waals surface area contributed by atoms with Gasteiger partial charge in [-0.15, -0.1) is 0 Å². The second kappa shape index (κ2) is 11.7. The number of ether oxygens (including phenoxy) is 1. The lowest BCUT2D eigenvalue weighted by molar-refractivity contribution is -0.137. The Morgan fingerprint density at radius 3 is 2.17 bits per heavy atom. The van der Waals surface area contributed by atoms with Crippen LogP contribution in [0.2, 0.25) is 6.04 Å². The van der Waals surface area contributed by atoms with Gasteiger partial charge in [0.25, 0.3) is 3.93 Å². The van der Waals surface area contributed by atoms with Crippen molar-refractivity contribution in [1.82, 2.24) is 0 Å². The molecule has 2 nitrogen and oxygen atoms in total. The van der Waals surface area contributed by atoms with Crippen molar-refractivity contribution in [2.45, 2.75) is 51.5 Å². The average molecular weight is 465 g/mol. The Bertz CT molecular complexity index is 252. The van der Waals surface area contributed by atoms with Crippen molar-refractivity contribution in [3.8, 4) is 0 Å². The van der Waals surface area contributed by atoms with Gasteiger partial charge >= 0.3 is 5.97 Å². The van der Waals surface area contributed by atoms with Crippen molar-refractivity contribution in [3.05, 3.63) is 12.2 Å². The van der Waals surface area contributed by atoms with Gasteiger partial charge in [-0.1, -0.05) is 84.1 Å². The summed E-state index contributed by atoms with van der Waals surface area (Å²) in [7, 11) is 0. The van der Waals surface area contributed by atoms with Crippen LogP contribution in [0.4, 0.5) is 0 Å². The van der Waals surface area contributed by atoms with E-state index in [9.17, 15) is 4.79 Å². The van der Waals surface area contributed by atoms with Crippen molar-refractivity contribution in [3.63, 3.8) is 0 Å². The van der Waals surface area contributed by atoms with Gasteiger partial charge in [0.05, 0.1) is 6.61 Å². The summed E-state index contributed by atoms with van der Waals surface area (Å²) in [6.07, 6.45) is 10.3. The fourth-order valence-corrected chi connectivity index (χ4v) is 4.67. The quantitative estimate of drug-likeness (QED) is 0.139. The highest BCUT2D eigenvalue weighted by Gasteiger charge is 2.20. The van der Waals surface area contributed by atoms with Gasteiger partial charge in [-0.05, 0) is 19.4 Å². The predicted molar refractivity (Wildman–Crippen MR) is 90.8 cm³/mol. The van der Waals surface area contributed by atoms with Crippen LogP contribution >= 0.6 is 45.9 Å². The van der Waals surface area contributed by atoms with E-state index in [1.54, 1.807) is 6.08 Å². The third-order valence-corrected chi connectivity index (χ3v) is 6.89. The molecular weight excluding hydrogens is 444 g/mol. The lowest BCUT2D eigenvalue weighted by Crippen LogP contribution is -2.04. The maximum atomic E-state index is 11.0. The van der Waals surface area contributed by atoms with E-state index in [0.29, 0.717) is 6.61 Å². The molecule has 0 aromatic rings. The molecule has 0 aromatic heterocycles. The molecule has 18 heavy (non-hydrogen) atoms. The van der Waals surface area contributed by atoms with E-state index in [1.165, 1.54) is 37.8 Å². The van der Waals surface area contributed by atoms with Crippen LogP contribution in [0.3, 0.4) is 0 Å². The lowest BCUT2D eigenvalue weighted by Gasteiger charge is -2.08. The molecule has 0 aliphatic carbocycles. The molecule has 0 aliphatic rings. The third-order valence-electron chi connectivity index (χ3n) is 2.40. The van der Waals surface area contributed by atoms with Gasteiger partial charge in [0, 0.05) is 6.08 Å². The molecule has 0 atom stereocenters. The highest BCUT2D eigenvalue weighted by atomic mass is 80.0. The highest BCUT2D eigenvalue weighted by molar-refractivity contribution is 9.72. The molecule has 0 bridgehead atoms. The van der Waals surface area contributed by atoms with Crippen molar-refractivity contribution in [2.24, 2.45) is 0 Å². The first kappa shape index (κ1) is 18.9. The zero-order chi connectivity index (χ0) is 13.9. The highest BCUT2D eigenvalue weighted by Crippen LogP contribution is 2.33. The normalized spacial score (nSPS) is 12.0. The van der Waals surface area contributed by atoms with Gasteiger partial charge in [-0.25, -0.2) is 4.79 Å². The largest absolute Gasteiger partial charge is 0.463 e. The summed E-state index contributed by atoms with van der Waals surface area (Å²) >= 11 is 10.9. The fraction of sp³-hybridized carbons (Fsp3) is 0.750. The van der Waals surface area contributed by atoms with Gasteiger partial charge in [0.1, 0.15) is 0 Å². The van der Waals surface area contributed by atoms with Gasteiger partial charge in [0.2, 0.25) is 0 Å². The number of hydrogen-bond donors (Lipinski definition) is 0. The Hall–Kier alpha value is 0.867. The van der Waals surface area contributed by atoms with E-state index in [4.69, 9.17) is 4.74 Å². The van der Waals surface area contributed by atoms with Gasteiger partial charge in [0.15, 0.2) is 0 Å². The smallest absolute Gasteiger partial charge is 0.330 e. The maximum Gasteiger partial charge on any atom is 0.330 e. The number of allylic oxidation sites excluding steroid dienone is 1. The van der Waals surface area contributed by atoms with Crippen LogP contribution < -0.4 is 0 Å². The van der Waals surface area contributed by atoms with E-state index in [-0.39, 0.29) is 5.97 Å². The molecule has 0 aromatic carbocycles. The molecule has 0 saturated heterocycles.